The Bertz CT molecular complexity index is 491. The van der Waals surface area contributed by atoms with Crippen molar-refractivity contribution in [2.45, 2.75) is 6.54 Å². The van der Waals surface area contributed by atoms with Crippen LogP contribution >= 0.6 is 0 Å². The molecular formula is C13H22N2O4S. The van der Waals surface area contributed by atoms with Crippen LogP contribution in [0.2, 0.25) is 0 Å². The van der Waals surface area contributed by atoms with Crippen molar-refractivity contribution in [2.75, 3.05) is 39.7 Å². The largest absolute Gasteiger partial charge is 0.491 e. The third-order valence-corrected chi connectivity index (χ3v) is 3.18. The second-order valence-corrected chi connectivity index (χ2v) is 6.16. The van der Waals surface area contributed by atoms with E-state index in [0.29, 0.717) is 32.8 Å². The Morgan fingerprint density at radius 1 is 1.20 bits per heavy atom. The number of hydrogen-bond acceptors (Lipinski definition) is 5. The Morgan fingerprint density at radius 2 is 2.00 bits per heavy atom. The summed E-state index contributed by atoms with van der Waals surface area (Å²) in [6.45, 7) is 2.68. The summed E-state index contributed by atoms with van der Waals surface area (Å²) in [5.41, 5.74) is 1.08. The first-order chi connectivity index (χ1) is 9.51. The Balaban J connectivity index is 2.28. The molecule has 0 atom stereocenters. The molecule has 1 rings (SSSR count). The van der Waals surface area contributed by atoms with Gasteiger partial charge >= 0.3 is 0 Å². The molecule has 0 amide bonds. The van der Waals surface area contributed by atoms with Gasteiger partial charge < -0.3 is 14.8 Å². The molecule has 114 valence electrons. The van der Waals surface area contributed by atoms with Crippen LogP contribution in [0.3, 0.4) is 0 Å². The van der Waals surface area contributed by atoms with Gasteiger partial charge in [0.05, 0.1) is 12.9 Å². The molecule has 0 bridgehead atoms. The fourth-order valence-corrected chi connectivity index (χ4v) is 2.02. The molecule has 1 aromatic carbocycles. The molecule has 2 N–H and O–H groups in total. The van der Waals surface area contributed by atoms with E-state index < -0.39 is 10.0 Å². The van der Waals surface area contributed by atoms with Crippen molar-refractivity contribution in [3.63, 3.8) is 0 Å². The predicted molar refractivity (Wildman–Crippen MR) is 78.4 cm³/mol. The number of hydrogen-bond donors (Lipinski definition) is 2. The van der Waals surface area contributed by atoms with Gasteiger partial charge in [-0.1, -0.05) is 12.1 Å². The van der Waals surface area contributed by atoms with Crippen molar-refractivity contribution in [3.8, 4) is 5.75 Å². The van der Waals surface area contributed by atoms with E-state index in [0.717, 1.165) is 17.6 Å². The zero-order valence-electron chi connectivity index (χ0n) is 11.9. The molecule has 0 spiro atoms. The number of rotatable bonds is 10. The van der Waals surface area contributed by atoms with E-state index in [1.807, 2.05) is 24.3 Å². The van der Waals surface area contributed by atoms with Crippen LogP contribution in [0.1, 0.15) is 5.56 Å². The minimum Gasteiger partial charge on any atom is -0.491 e. The van der Waals surface area contributed by atoms with Gasteiger partial charge in [0.15, 0.2) is 0 Å². The third kappa shape index (κ3) is 8.11. The van der Waals surface area contributed by atoms with E-state index in [9.17, 15) is 8.42 Å². The molecule has 6 nitrogen and oxygen atoms in total. The molecule has 0 aliphatic heterocycles. The SMILES string of the molecule is COCCOc1cccc(CNCCNS(C)(=O)=O)c1. The fourth-order valence-electron chi connectivity index (χ4n) is 1.55. The summed E-state index contributed by atoms with van der Waals surface area (Å²) >= 11 is 0. The first-order valence-electron chi connectivity index (χ1n) is 6.37. The first kappa shape index (κ1) is 16.9. The highest BCUT2D eigenvalue weighted by atomic mass is 32.2. The van der Waals surface area contributed by atoms with Crippen molar-refractivity contribution in [1.82, 2.24) is 10.0 Å². The second kappa shape index (κ2) is 8.91. The second-order valence-electron chi connectivity index (χ2n) is 4.33. The minimum absolute atomic E-state index is 0.378. The summed E-state index contributed by atoms with van der Waals surface area (Å²) < 4.78 is 34.6. The van der Waals surface area contributed by atoms with E-state index >= 15 is 0 Å². The maximum absolute atomic E-state index is 10.9. The fraction of sp³-hybridized carbons (Fsp3) is 0.538. The van der Waals surface area contributed by atoms with Crippen LogP contribution in [-0.4, -0.2) is 48.1 Å². The number of benzene rings is 1. The summed E-state index contributed by atoms with van der Waals surface area (Å²) in [4.78, 5) is 0. The molecule has 0 aliphatic rings. The smallest absolute Gasteiger partial charge is 0.208 e. The Kier molecular flexibility index (Phi) is 7.53. The molecular weight excluding hydrogens is 280 g/mol. The van der Waals surface area contributed by atoms with E-state index in [4.69, 9.17) is 9.47 Å². The van der Waals surface area contributed by atoms with Crippen LogP contribution in [0.5, 0.6) is 5.75 Å². The molecule has 0 unspecified atom stereocenters. The standard InChI is InChI=1S/C13H22N2O4S/c1-18-8-9-19-13-5-3-4-12(10-13)11-14-6-7-15-20(2,16)17/h3-5,10,14-15H,6-9,11H2,1-2H3. The molecule has 0 aromatic heterocycles. The molecule has 0 saturated heterocycles. The van der Waals surface area contributed by atoms with Gasteiger partial charge in [0.2, 0.25) is 10.0 Å². The van der Waals surface area contributed by atoms with Gasteiger partial charge in [-0.05, 0) is 17.7 Å². The Morgan fingerprint density at radius 3 is 2.70 bits per heavy atom. The summed E-state index contributed by atoms with van der Waals surface area (Å²) in [6, 6.07) is 7.76. The van der Waals surface area contributed by atoms with E-state index in [2.05, 4.69) is 10.0 Å². The lowest BCUT2D eigenvalue weighted by Crippen LogP contribution is -2.30. The zero-order chi connectivity index (χ0) is 14.8. The van der Waals surface area contributed by atoms with Crippen molar-refractivity contribution in [2.24, 2.45) is 0 Å². The number of methoxy groups -OCH3 is 1. The highest BCUT2D eigenvalue weighted by Crippen LogP contribution is 2.12. The molecule has 20 heavy (non-hydrogen) atoms. The number of nitrogens with one attached hydrogen (secondary N) is 2. The van der Waals surface area contributed by atoms with Gasteiger partial charge in [-0.25, -0.2) is 13.1 Å². The Hall–Kier alpha value is -1.15. The monoisotopic (exact) mass is 302 g/mol. The summed E-state index contributed by atoms with van der Waals surface area (Å²) in [5, 5.41) is 3.16. The lowest BCUT2D eigenvalue weighted by molar-refractivity contribution is 0.146. The summed E-state index contributed by atoms with van der Waals surface area (Å²) in [7, 11) is -1.48. The van der Waals surface area contributed by atoms with Gasteiger partial charge in [0, 0.05) is 26.7 Å². The maximum atomic E-state index is 10.9. The van der Waals surface area contributed by atoms with Crippen molar-refractivity contribution >= 4 is 10.0 Å². The topological polar surface area (TPSA) is 76.7 Å². The molecule has 7 heteroatoms. The van der Waals surface area contributed by atoms with Gasteiger partial charge in [0.25, 0.3) is 0 Å². The molecule has 0 aliphatic carbocycles. The van der Waals surface area contributed by atoms with Crippen LogP contribution in [-0.2, 0) is 21.3 Å². The average Bonchev–Trinajstić information content (AvgIpc) is 2.38. The van der Waals surface area contributed by atoms with Crippen molar-refractivity contribution < 1.29 is 17.9 Å². The van der Waals surface area contributed by atoms with Crippen LogP contribution in [0, 0.1) is 0 Å². The molecule has 0 fully saturated rings. The average molecular weight is 302 g/mol. The summed E-state index contributed by atoms with van der Waals surface area (Å²) in [5.74, 6) is 0.801. The summed E-state index contributed by atoms with van der Waals surface area (Å²) in [6.07, 6.45) is 1.15. The number of sulfonamides is 1. The predicted octanol–water partition coefficient (Wildman–Crippen LogP) is 0.351. The Labute approximate surface area is 120 Å². The van der Waals surface area contributed by atoms with Crippen LogP contribution in [0.15, 0.2) is 24.3 Å². The van der Waals surface area contributed by atoms with Crippen molar-refractivity contribution in [1.29, 1.82) is 0 Å². The lowest BCUT2D eigenvalue weighted by Gasteiger charge is -2.09. The van der Waals surface area contributed by atoms with Crippen molar-refractivity contribution in [3.05, 3.63) is 29.8 Å². The van der Waals surface area contributed by atoms with Gasteiger partial charge in [-0.3, -0.25) is 0 Å². The van der Waals surface area contributed by atoms with Gasteiger partial charge in [0.1, 0.15) is 12.4 Å². The lowest BCUT2D eigenvalue weighted by atomic mass is 10.2. The molecule has 0 heterocycles. The van der Waals surface area contributed by atoms with Gasteiger partial charge in [-0.2, -0.15) is 0 Å². The quantitative estimate of drug-likeness (QED) is 0.610. The van der Waals surface area contributed by atoms with Gasteiger partial charge in [-0.15, -0.1) is 0 Å². The first-order valence-corrected chi connectivity index (χ1v) is 8.26. The highest BCUT2D eigenvalue weighted by Gasteiger charge is 2.00. The highest BCUT2D eigenvalue weighted by molar-refractivity contribution is 7.88. The number of ether oxygens (including phenoxy) is 2. The molecule has 1 aromatic rings. The maximum Gasteiger partial charge on any atom is 0.208 e. The normalized spacial score (nSPS) is 11.5. The molecule has 0 saturated carbocycles. The third-order valence-electron chi connectivity index (χ3n) is 2.45. The molecule has 0 radical (unpaired) electrons. The van der Waals surface area contributed by atoms with E-state index in [1.165, 1.54) is 0 Å². The van der Waals surface area contributed by atoms with Crippen LogP contribution in [0.4, 0.5) is 0 Å². The van der Waals surface area contributed by atoms with E-state index in [-0.39, 0.29) is 0 Å². The van der Waals surface area contributed by atoms with Crippen LogP contribution < -0.4 is 14.8 Å². The van der Waals surface area contributed by atoms with Crippen LogP contribution in [0.25, 0.3) is 0 Å². The van der Waals surface area contributed by atoms with E-state index in [1.54, 1.807) is 7.11 Å². The zero-order valence-corrected chi connectivity index (χ0v) is 12.7. The minimum atomic E-state index is -3.11.